The van der Waals surface area contributed by atoms with E-state index in [2.05, 4.69) is 20.9 Å². The molecule has 0 aliphatic carbocycles. The van der Waals surface area contributed by atoms with Gasteiger partial charge in [-0.25, -0.2) is 14.6 Å². The molecule has 1 aromatic heterocycles. The second kappa shape index (κ2) is 10.6. The van der Waals surface area contributed by atoms with Crippen molar-refractivity contribution in [2.24, 2.45) is 4.99 Å². The van der Waals surface area contributed by atoms with Gasteiger partial charge in [-0.2, -0.15) is 0 Å². The summed E-state index contributed by atoms with van der Waals surface area (Å²) in [6.45, 7) is 4.83. The molecule has 1 aliphatic heterocycles. The Bertz CT molecular complexity index is 1540. The number of carbonyl (C=O) groups is 2. The van der Waals surface area contributed by atoms with Crippen LogP contribution in [0.25, 0.3) is 6.08 Å². The number of carbonyl (C=O) groups excluding carboxylic acids is 1. The number of halogens is 1. The third-order valence-electron chi connectivity index (χ3n) is 5.30. The number of thiazole rings is 1. The van der Waals surface area contributed by atoms with Crippen LogP contribution < -0.4 is 19.6 Å². The normalized spacial score (nSPS) is 15.5. The highest BCUT2D eigenvalue weighted by molar-refractivity contribution is 9.10. The fourth-order valence-corrected chi connectivity index (χ4v) is 5.38. The van der Waals surface area contributed by atoms with Crippen LogP contribution in [0.3, 0.4) is 0 Å². The van der Waals surface area contributed by atoms with Crippen molar-refractivity contribution in [3.8, 4) is 5.75 Å². The molecule has 0 bridgehead atoms. The van der Waals surface area contributed by atoms with Gasteiger partial charge in [-0.15, -0.1) is 0 Å². The molecule has 1 N–H and O–H groups in total. The molecule has 1 unspecified atom stereocenters. The molecule has 0 saturated heterocycles. The van der Waals surface area contributed by atoms with Crippen molar-refractivity contribution >= 4 is 45.3 Å². The van der Waals surface area contributed by atoms with Gasteiger partial charge in [0.15, 0.2) is 11.4 Å². The van der Waals surface area contributed by atoms with Gasteiger partial charge >= 0.3 is 11.9 Å². The number of benzene rings is 2. The van der Waals surface area contributed by atoms with Crippen molar-refractivity contribution in [1.82, 2.24) is 4.57 Å². The summed E-state index contributed by atoms with van der Waals surface area (Å²) in [6.07, 6.45) is 1.41. The van der Waals surface area contributed by atoms with Gasteiger partial charge in [-0.3, -0.25) is 9.36 Å². The number of nitrogens with zero attached hydrogens (tertiary/aromatic N) is 2. The SMILES string of the molecule is CC1=C(C(=O)OC(C)C)C(c2ccccc2)n2c(sc(=Cc3ccc(OCC(=O)O)c(Br)c3)c2=O)=N1. The molecule has 2 heterocycles. The van der Waals surface area contributed by atoms with Crippen molar-refractivity contribution in [3.63, 3.8) is 0 Å². The molecule has 10 heteroatoms. The third kappa shape index (κ3) is 5.34. The lowest BCUT2D eigenvalue weighted by Crippen LogP contribution is -2.40. The Morgan fingerprint density at radius 2 is 1.94 bits per heavy atom. The van der Waals surface area contributed by atoms with E-state index in [1.165, 1.54) is 15.9 Å². The monoisotopic (exact) mass is 570 g/mol. The maximum atomic E-state index is 13.6. The Labute approximate surface area is 219 Å². The van der Waals surface area contributed by atoms with Crippen LogP contribution in [0, 0.1) is 0 Å². The van der Waals surface area contributed by atoms with E-state index in [1.807, 2.05) is 30.3 Å². The van der Waals surface area contributed by atoms with Gasteiger partial charge in [0.1, 0.15) is 5.75 Å². The number of hydrogen-bond donors (Lipinski definition) is 1. The van der Waals surface area contributed by atoms with Gasteiger partial charge in [0.25, 0.3) is 5.56 Å². The van der Waals surface area contributed by atoms with Crippen LogP contribution in [0.5, 0.6) is 5.75 Å². The first-order valence-electron chi connectivity index (χ1n) is 11.1. The van der Waals surface area contributed by atoms with Crippen LogP contribution in [0.15, 0.2) is 74.1 Å². The molecular weight excluding hydrogens is 548 g/mol. The van der Waals surface area contributed by atoms with E-state index in [0.717, 1.165) is 5.56 Å². The smallest absolute Gasteiger partial charge is 0.341 e. The van der Waals surface area contributed by atoms with E-state index in [0.29, 0.717) is 36.4 Å². The summed E-state index contributed by atoms with van der Waals surface area (Å²) in [5, 5.41) is 8.82. The minimum absolute atomic E-state index is 0.280. The van der Waals surface area contributed by atoms with Crippen molar-refractivity contribution in [3.05, 3.63) is 95.1 Å². The highest BCUT2D eigenvalue weighted by Gasteiger charge is 2.33. The molecule has 0 saturated carbocycles. The first kappa shape index (κ1) is 25.6. The summed E-state index contributed by atoms with van der Waals surface area (Å²) in [7, 11) is 0. The van der Waals surface area contributed by atoms with Gasteiger partial charge in [-0.05, 0) is 66.0 Å². The molecule has 3 aromatic rings. The number of fused-ring (bicyclic) bond motifs is 1. The minimum atomic E-state index is -1.08. The van der Waals surface area contributed by atoms with Crippen LogP contribution in [0.4, 0.5) is 0 Å². The third-order valence-corrected chi connectivity index (χ3v) is 6.91. The summed E-state index contributed by atoms with van der Waals surface area (Å²) in [5.41, 5.74) is 2.04. The van der Waals surface area contributed by atoms with Gasteiger partial charge < -0.3 is 14.6 Å². The van der Waals surface area contributed by atoms with Gasteiger partial charge in [0.05, 0.1) is 32.4 Å². The number of hydrogen-bond acceptors (Lipinski definition) is 7. The Balaban J connectivity index is 1.82. The number of aromatic nitrogens is 1. The maximum absolute atomic E-state index is 13.6. The quantitative estimate of drug-likeness (QED) is 0.436. The van der Waals surface area contributed by atoms with Crippen LogP contribution >= 0.6 is 27.3 Å². The van der Waals surface area contributed by atoms with E-state index in [9.17, 15) is 14.4 Å². The van der Waals surface area contributed by atoms with Crippen LogP contribution in [0.2, 0.25) is 0 Å². The van der Waals surface area contributed by atoms with E-state index < -0.39 is 24.6 Å². The number of allylic oxidation sites excluding steroid dienone is 1. The number of rotatable bonds is 7. The molecule has 0 spiro atoms. The zero-order valence-electron chi connectivity index (χ0n) is 19.7. The fourth-order valence-electron chi connectivity index (χ4n) is 3.83. The molecule has 0 amide bonds. The van der Waals surface area contributed by atoms with Gasteiger partial charge in [0, 0.05) is 0 Å². The Morgan fingerprint density at radius 1 is 1.22 bits per heavy atom. The minimum Gasteiger partial charge on any atom is -0.481 e. The first-order chi connectivity index (χ1) is 17.2. The molecule has 1 aliphatic rings. The van der Waals surface area contributed by atoms with Crippen molar-refractivity contribution in [2.75, 3.05) is 6.61 Å². The standard InChI is InChI=1S/C26H23BrN2O6S/c1-14(2)35-25(33)22-15(3)28-26-29(23(22)17-7-5-4-6-8-17)24(32)20(36-26)12-16-9-10-19(18(27)11-16)34-13-21(30)31/h4-12,14,23H,13H2,1-3H3,(H,30,31). The van der Waals surface area contributed by atoms with E-state index in [1.54, 1.807) is 45.0 Å². The molecule has 0 fully saturated rings. The topological polar surface area (TPSA) is 107 Å². The molecular formula is C26H23BrN2O6S. The number of carboxylic acids is 1. The molecule has 0 radical (unpaired) electrons. The van der Waals surface area contributed by atoms with E-state index in [4.69, 9.17) is 14.6 Å². The average molecular weight is 571 g/mol. The Hall–Kier alpha value is -3.50. The van der Waals surface area contributed by atoms with Crippen molar-refractivity contribution < 1.29 is 24.2 Å². The maximum Gasteiger partial charge on any atom is 0.341 e. The molecule has 186 valence electrons. The lowest BCUT2D eigenvalue weighted by atomic mass is 9.96. The molecule has 8 nitrogen and oxygen atoms in total. The highest BCUT2D eigenvalue weighted by atomic mass is 79.9. The van der Waals surface area contributed by atoms with Crippen molar-refractivity contribution in [2.45, 2.75) is 32.9 Å². The average Bonchev–Trinajstić information content (AvgIpc) is 3.12. The molecule has 2 aromatic carbocycles. The van der Waals surface area contributed by atoms with E-state index in [-0.39, 0.29) is 11.7 Å². The summed E-state index contributed by atoms with van der Waals surface area (Å²) in [6, 6.07) is 13.8. The van der Waals surface area contributed by atoms with Crippen LogP contribution in [0.1, 0.15) is 37.9 Å². The summed E-state index contributed by atoms with van der Waals surface area (Å²) >= 11 is 4.61. The largest absolute Gasteiger partial charge is 0.481 e. The van der Waals surface area contributed by atoms with E-state index >= 15 is 0 Å². The zero-order valence-corrected chi connectivity index (χ0v) is 22.1. The van der Waals surface area contributed by atoms with Crippen LogP contribution in [-0.4, -0.2) is 34.3 Å². The Morgan fingerprint density at radius 3 is 2.58 bits per heavy atom. The summed E-state index contributed by atoms with van der Waals surface area (Å²) < 4.78 is 13.3. The number of aliphatic carboxylic acids is 1. The summed E-state index contributed by atoms with van der Waals surface area (Å²) in [5.74, 6) is -1.20. The second-order valence-electron chi connectivity index (χ2n) is 8.32. The second-order valence-corrected chi connectivity index (χ2v) is 10.2. The fraction of sp³-hybridized carbons (Fsp3) is 0.231. The molecule has 1 atom stereocenters. The van der Waals surface area contributed by atoms with Crippen molar-refractivity contribution in [1.29, 1.82) is 0 Å². The Kier molecular flexibility index (Phi) is 7.56. The molecule has 36 heavy (non-hydrogen) atoms. The lowest BCUT2D eigenvalue weighted by Gasteiger charge is -2.25. The first-order valence-corrected chi connectivity index (χ1v) is 12.7. The predicted octanol–water partition coefficient (Wildman–Crippen LogP) is 3.41. The number of carboxylic acid groups (broad SMARTS) is 1. The lowest BCUT2D eigenvalue weighted by molar-refractivity contribution is -0.143. The summed E-state index contributed by atoms with van der Waals surface area (Å²) in [4.78, 5) is 42.5. The van der Waals surface area contributed by atoms with Gasteiger partial charge in [-0.1, -0.05) is 47.7 Å². The highest BCUT2D eigenvalue weighted by Crippen LogP contribution is 2.31. The molecule has 4 rings (SSSR count). The van der Waals surface area contributed by atoms with Gasteiger partial charge in [0.2, 0.25) is 0 Å². The number of esters is 1. The zero-order chi connectivity index (χ0) is 26.0. The number of ether oxygens (including phenoxy) is 2. The predicted molar refractivity (Wildman–Crippen MR) is 139 cm³/mol. The van der Waals surface area contributed by atoms with Crippen LogP contribution in [-0.2, 0) is 14.3 Å².